The Hall–Kier alpha value is -3.99. The van der Waals surface area contributed by atoms with Crippen molar-refractivity contribution in [1.29, 1.82) is 0 Å². The molecule has 2 N–H and O–H groups in total. The number of fused-ring (bicyclic) bond motifs is 1. The Bertz CT molecular complexity index is 1320. The van der Waals surface area contributed by atoms with Crippen LogP contribution in [0, 0.1) is 0 Å². The summed E-state index contributed by atoms with van der Waals surface area (Å²) in [5, 5.41) is 13.0. The van der Waals surface area contributed by atoms with Crippen molar-refractivity contribution in [3.8, 4) is 23.1 Å². The first-order valence-electron chi connectivity index (χ1n) is 13.2. The van der Waals surface area contributed by atoms with Gasteiger partial charge in [0.15, 0.2) is 11.5 Å². The topological polar surface area (TPSA) is 126 Å². The summed E-state index contributed by atoms with van der Waals surface area (Å²) in [5.74, 6) is 1.72. The molecule has 0 aliphatic carbocycles. The van der Waals surface area contributed by atoms with E-state index in [4.69, 9.17) is 25.8 Å². The lowest BCUT2D eigenvalue weighted by atomic mass is 10.1. The first kappa shape index (κ1) is 30.6. The van der Waals surface area contributed by atoms with Crippen LogP contribution >= 0.6 is 11.6 Å². The molecular formula is C28H36ClN5O6. The van der Waals surface area contributed by atoms with Gasteiger partial charge in [-0.3, -0.25) is 0 Å². The number of aromatic nitrogens is 2. The third kappa shape index (κ3) is 7.56. The number of nitrogens with zero attached hydrogens (tertiary/aromatic N) is 4. The van der Waals surface area contributed by atoms with Crippen LogP contribution in [0.4, 0.5) is 15.3 Å². The van der Waals surface area contributed by atoms with E-state index in [1.807, 2.05) is 27.7 Å². The maximum Gasteiger partial charge on any atom is 0.407 e. The molecule has 216 valence electrons. The van der Waals surface area contributed by atoms with Crippen LogP contribution in [0.3, 0.4) is 0 Å². The molecule has 0 aliphatic rings. The van der Waals surface area contributed by atoms with Crippen LogP contribution in [0.25, 0.3) is 10.9 Å². The number of halogens is 1. The van der Waals surface area contributed by atoms with Crippen molar-refractivity contribution in [1.82, 2.24) is 19.8 Å². The van der Waals surface area contributed by atoms with Gasteiger partial charge in [-0.05, 0) is 58.7 Å². The van der Waals surface area contributed by atoms with E-state index in [9.17, 15) is 14.7 Å². The summed E-state index contributed by atoms with van der Waals surface area (Å²) in [6.07, 6.45) is 1.79. The zero-order valence-electron chi connectivity index (χ0n) is 23.4. The fourth-order valence-electron chi connectivity index (χ4n) is 4.22. The Balaban J connectivity index is 1.72. The van der Waals surface area contributed by atoms with Gasteiger partial charge >= 0.3 is 12.1 Å². The summed E-state index contributed by atoms with van der Waals surface area (Å²) in [5.41, 5.74) is 1.06. The third-order valence-electron chi connectivity index (χ3n) is 6.47. The number of carbonyl (C=O) groups excluding carboxylic acids is 1. The Morgan fingerprint density at radius 3 is 2.45 bits per heavy atom. The lowest BCUT2D eigenvalue weighted by Crippen LogP contribution is -2.37. The van der Waals surface area contributed by atoms with Gasteiger partial charge in [-0.1, -0.05) is 11.6 Å². The molecule has 0 aliphatic heterocycles. The minimum Gasteiger partial charge on any atom is -0.493 e. The highest BCUT2D eigenvalue weighted by atomic mass is 35.5. The second-order valence-electron chi connectivity index (χ2n) is 8.95. The summed E-state index contributed by atoms with van der Waals surface area (Å²) in [4.78, 5) is 35.4. The summed E-state index contributed by atoms with van der Waals surface area (Å²) >= 11 is 6.42. The average Bonchev–Trinajstić information content (AvgIpc) is 2.93. The first-order chi connectivity index (χ1) is 19.2. The molecule has 3 rings (SSSR count). The summed E-state index contributed by atoms with van der Waals surface area (Å²) in [6, 6.07) is 8.12. The molecule has 1 unspecified atom stereocenters. The van der Waals surface area contributed by atoms with Crippen LogP contribution in [0.5, 0.6) is 23.1 Å². The largest absolute Gasteiger partial charge is 0.493 e. The van der Waals surface area contributed by atoms with Crippen LogP contribution in [0.15, 0.2) is 36.7 Å². The number of ether oxygens (including phenoxy) is 3. The summed E-state index contributed by atoms with van der Waals surface area (Å²) in [7, 11) is 1.54. The van der Waals surface area contributed by atoms with E-state index in [-0.39, 0.29) is 12.1 Å². The predicted octanol–water partition coefficient (Wildman–Crippen LogP) is 6.51. The van der Waals surface area contributed by atoms with Gasteiger partial charge in [0.1, 0.15) is 12.1 Å². The van der Waals surface area contributed by atoms with Gasteiger partial charge < -0.3 is 34.4 Å². The molecule has 0 spiro atoms. The first-order valence-corrected chi connectivity index (χ1v) is 13.6. The van der Waals surface area contributed by atoms with Crippen molar-refractivity contribution in [3.05, 3.63) is 41.7 Å². The molecule has 2 aromatic carbocycles. The van der Waals surface area contributed by atoms with Crippen LogP contribution in [-0.4, -0.2) is 76.4 Å². The standard InChI is InChI=1S/C28H36ClN5O6/c1-6-33(7-2)27(35)32-22-12-11-19(14-21(22)29)40-26-20-15-24(38-5)25(16-23(20)30-17-31-26)39-13-9-10-18(4)34(8-3)28(36)37/h11-12,14-18H,6-10,13H2,1-5H3,(H,32,35)(H,36,37). The number of benzene rings is 2. The quantitative estimate of drug-likeness (QED) is 0.222. The number of hydrogen-bond acceptors (Lipinski definition) is 7. The Kier molecular flexibility index (Phi) is 11.0. The van der Waals surface area contributed by atoms with E-state index in [2.05, 4.69) is 15.3 Å². The van der Waals surface area contributed by atoms with Gasteiger partial charge in [-0.2, -0.15) is 0 Å². The molecule has 0 saturated carbocycles. The third-order valence-corrected chi connectivity index (χ3v) is 6.79. The minimum atomic E-state index is -0.926. The fourth-order valence-corrected chi connectivity index (χ4v) is 4.44. The number of anilines is 1. The molecule has 0 fully saturated rings. The highest BCUT2D eigenvalue weighted by Crippen LogP contribution is 2.37. The molecule has 1 aromatic heterocycles. The lowest BCUT2D eigenvalue weighted by molar-refractivity contribution is 0.126. The van der Waals surface area contributed by atoms with Crippen molar-refractivity contribution < 1.29 is 28.9 Å². The molecule has 3 aromatic rings. The molecule has 1 heterocycles. The molecule has 0 bridgehead atoms. The molecule has 0 saturated heterocycles. The van der Waals surface area contributed by atoms with Crippen molar-refractivity contribution >= 4 is 40.3 Å². The Morgan fingerprint density at radius 1 is 1.07 bits per heavy atom. The van der Waals surface area contributed by atoms with Crippen LogP contribution in [0.2, 0.25) is 5.02 Å². The van der Waals surface area contributed by atoms with Crippen molar-refractivity contribution in [2.75, 3.05) is 38.7 Å². The van der Waals surface area contributed by atoms with E-state index in [0.29, 0.717) is 83.8 Å². The van der Waals surface area contributed by atoms with Gasteiger partial charge in [0.25, 0.3) is 0 Å². The maximum atomic E-state index is 12.4. The normalized spacial score (nSPS) is 11.6. The number of urea groups is 1. The molecule has 1 atom stereocenters. The average molecular weight is 574 g/mol. The van der Waals surface area contributed by atoms with E-state index < -0.39 is 6.09 Å². The molecular weight excluding hydrogens is 538 g/mol. The number of amides is 3. The van der Waals surface area contributed by atoms with Crippen LogP contribution in [-0.2, 0) is 0 Å². The monoisotopic (exact) mass is 573 g/mol. The van der Waals surface area contributed by atoms with E-state index in [1.54, 1.807) is 35.2 Å². The molecule has 40 heavy (non-hydrogen) atoms. The van der Waals surface area contributed by atoms with Gasteiger partial charge in [0, 0.05) is 37.8 Å². The van der Waals surface area contributed by atoms with Crippen molar-refractivity contribution in [2.45, 2.75) is 46.6 Å². The van der Waals surface area contributed by atoms with E-state index >= 15 is 0 Å². The predicted molar refractivity (Wildman–Crippen MR) is 154 cm³/mol. The second kappa shape index (κ2) is 14.4. The van der Waals surface area contributed by atoms with Crippen molar-refractivity contribution in [3.63, 3.8) is 0 Å². The molecule has 0 radical (unpaired) electrons. The molecule has 11 nitrogen and oxygen atoms in total. The van der Waals surface area contributed by atoms with Gasteiger partial charge in [0.05, 0.1) is 35.3 Å². The smallest absolute Gasteiger partial charge is 0.407 e. The number of hydrogen-bond donors (Lipinski definition) is 2. The van der Waals surface area contributed by atoms with Crippen molar-refractivity contribution in [2.24, 2.45) is 0 Å². The van der Waals surface area contributed by atoms with Crippen LogP contribution in [0.1, 0.15) is 40.5 Å². The number of methoxy groups -OCH3 is 1. The van der Waals surface area contributed by atoms with Gasteiger partial charge in [-0.25, -0.2) is 19.6 Å². The van der Waals surface area contributed by atoms with Gasteiger partial charge in [-0.15, -0.1) is 0 Å². The SMILES string of the molecule is CCN(CC)C(=O)Nc1ccc(Oc2ncnc3cc(OCCCC(C)N(CC)C(=O)O)c(OC)cc23)cc1Cl. The van der Waals surface area contributed by atoms with E-state index in [0.717, 1.165) is 0 Å². The summed E-state index contributed by atoms with van der Waals surface area (Å²) in [6.45, 7) is 9.50. The Morgan fingerprint density at radius 2 is 1.82 bits per heavy atom. The fraction of sp³-hybridized carbons (Fsp3) is 0.429. The number of carbonyl (C=O) groups is 2. The minimum absolute atomic E-state index is 0.113. The zero-order chi connectivity index (χ0) is 29.2. The highest BCUT2D eigenvalue weighted by Gasteiger charge is 2.18. The van der Waals surface area contributed by atoms with E-state index in [1.165, 1.54) is 18.3 Å². The Labute approximate surface area is 239 Å². The lowest BCUT2D eigenvalue weighted by Gasteiger charge is -2.24. The zero-order valence-corrected chi connectivity index (χ0v) is 24.2. The summed E-state index contributed by atoms with van der Waals surface area (Å²) < 4.78 is 17.5. The number of nitrogens with one attached hydrogen (secondary N) is 1. The van der Waals surface area contributed by atoms with Crippen LogP contribution < -0.4 is 19.5 Å². The molecule has 12 heteroatoms. The molecule has 3 amide bonds. The number of carboxylic acid groups (broad SMARTS) is 1. The maximum absolute atomic E-state index is 12.4. The highest BCUT2D eigenvalue weighted by molar-refractivity contribution is 6.33. The second-order valence-corrected chi connectivity index (χ2v) is 9.36. The van der Waals surface area contributed by atoms with Gasteiger partial charge in [0.2, 0.25) is 5.88 Å². The number of rotatable bonds is 13.